The maximum atomic E-state index is 10.2. The van der Waals surface area contributed by atoms with Crippen LogP contribution in [0.2, 0.25) is 0 Å². The number of rotatable bonds is 8. The molecule has 0 amide bonds. The van der Waals surface area contributed by atoms with Gasteiger partial charge in [-0.1, -0.05) is 6.92 Å². The molecular weight excluding hydrogens is 216 g/mol. The van der Waals surface area contributed by atoms with Crippen LogP contribution in [0.1, 0.15) is 33.1 Å². The molecule has 17 heavy (non-hydrogen) atoms. The first-order valence-electron chi connectivity index (χ1n) is 6.74. The van der Waals surface area contributed by atoms with Crippen molar-refractivity contribution < 1.29 is 9.84 Å². The van der Waals surface area contributed by atoms with E-state index in [4.69, 9.17) is 4.74 Å². The molecule has 102 valence electrons. The molecule has 1 heterocycles. The Morgan fingerprint density at radius 2 is 2.29 bits per heavy atom. The van der Waals surface area contributed by atoms with Gasteiger partial charge in [0.15, 0.2) is 0 Å². The summed E-state index contributed by atoms with van der Waals surface area (Å²) < 4.78 is 5.14. The largest absolute Gasteiger partial charge is 0.389 e. The van der Waals surface area contributed by atoms with E-state index >= 15 is 0 Å². The Hall–Kier alpha value is -0.160. The summed E-state index contributed by atoms with van der Waals surface area (Å²) in [5.74, 6) is 0. The van der Waals surface area contributed by atoms with E-state index < -0.39 is 5.60 Å². The summed E-state index contributed by atoms with van der Waals surface area (Å²) in [6.45, 7) is 8.44. The summed E-state index contributed by atoms with van der Waals surface area (Å²) >= 11 is 0. The van der Waals surface area contributed by atoms with Gasteiger partial charge >= 0.3 is 0 Å². The summed E-state index contributed by atoms with van der Waals surface area (Å²) in [6, 6.07) is 0.583. The fourth-order valence-corrected chi connectivity index (χ4v) is 2.27. The molecule has 0 bridgehead atoms. The van der Waals surface area contributed by atoms with Gasteiger partial charge in [0.25, 0.3) is 0 Å². The number of hydrogen-bond acceptors (Lipinski definition) is 4. The van der Waals surface area contributed by atoms with Gasteiger partial charge < -0.3 is 15.2 Å². The second-order valence-corrected chi connectivity index (χ2v) is 5.37. The van der Waals surface area contributed by atoms with Crippen molar-refractivity contribution in [2.45, 2.75) is 44.8 Å². The molecular formula is C13H28N2O2. The second kappa shape index (κ2) is 7.31. The molecule has 2 unspecified atom stereocenters. The summed E-state index contributed by atoms with van der Waals surface area (Å²) in [6.07, 6.45) is 3.30. The Bertz CT molecular complexity index is 204. The highest BCUT2D eigenvalue weighted by Gasteiger charge is 2.24. The van der Waals surface area contributed by atoms with Crippen molar-refractivity contribution in [1.82, 2.24) is 10.2 Å². The van der Waals surface area contributed by atoms with Crippen molar-refractivity contribution in [3.05, 3.63) is 0 Å². The van der Waals surface area contributed by atoms with Crippen molar-refractivity contribution in [2.75, 3.05) is 39.9 Å². The van der Waals surface area contributed by atoms with E-state index in [1.54, 1.807) is 7.11 Å². The van der Waals surface area contributed by atoms with E-state index in [-0.39, 0.29) is 0 Å². The quantitative estimate of drug-likeness (QED) is 0.664. The van der Waals surface area contributed by atoms with Crippen molar-refractivity contribution in [3.8, 4) is 0 Å². The van der Waals surface area contributed by atoms with E-state index in [0.29, 0.717) is 6.04 Å². The predicted octanol–water partition coefficient (Wildman–Crippen LogP) is 0.848. The fraction of sp³-hybridized carbons (Fsp3) is 1.00. The van der Waals surface area contributed by atoms with Crippen LogP contribution in [0.3, 0.4) is 0 Å². The van der Waals surface area contributed by atoms with Crippen LogP contribution in [0.15, 0.2) is 0 Å². The first-order valence-corrected chi connectivity index (χ1v) is 6.74. The Morgan fingerprint density at radius 1 is 1.53 bits per heavy atom. The van der Waals surface area contributed by atoms with Crippen LogP contribution in [0.4, 0.5) is 0 Å². The highest BCUT2D eigenvalue weighted by molar-refractivity contribution is 4.82. The first-order chi connectivity index (χ1) is 8.07. The zero-order valence-electron chi connectivity index (χ0n) is 11.5. The summed E-state index contributed by atoms with van der Waals surface area (Å²) in [7, 11) is 1.73. The minimum absolute atomic E-state index is 0.583. The molecule has 2 atom stereocenters. The fourth-order valence-electron chi connectivity index (χ4n) is 2.27. The van der Waals surface area contributed by atoms with Crippen LogP contribution in [0, 0.1) is 0 Å². The van der Waals surface area contributed by atoms with E-state index in [2.05, 4.69) is 10.2 Å². The van der Waals surface area contributed by atoms with Gasteiger partial charge in [-0.25, -0.2) is 0 Å². The van der Waals surface area contributed by atoms with Gasteiger partial charge in [-0.15, -0.1) is 0 Å². The monoisotopic (exact) mass is 244 g/mol. The van der Waals surface area contributed by atoms with Crippen LogP contribution < -0.4 is 5.32 Å². The van der Waals surface area contributed by atoms with Gasteiger partial charge in [-0.05, 0) is 32.7 Å². The van der Waals surface area contributed by atoms with Gasteiger partial charge in [0.05, 0.1) is 12.2 Å². The molecule has 1 rings (SSSR count). The number of methoxy groups -OCH3 is 1. The second-order valence-electron chi connectivity index (χ2n) is 5.37. The normalized spacial score (nSPS) is 24.2. The van der Waals surface area contributed by atoms with Gasteiger partial charge in [-0.2, -0.15) is 0 Å². The van der Waals surface area contributed by atoms with Crippen molar-refractivity contribution >= 4 is 0 Å². The maximum Gasteiger partial charge on any atom is 0.0743 e. The summed E-state index contributed by atoms with van der Waals surface area (Å²) in [5, 5.41) is 13.7. The molecule has 0 aromatic heterocycles. The average Bonchev–Trinajstić information content (AvgIpc) is 2.78. The maximum absolute atomic E-state index is 10.2. The number of hydrogen-bond donors (Lipinski definition) is 2. The molecule has 0 aliphatic carbocycles. The van der Waals surface area contributed by atoms with Gasteiger partial charge in [0.1, 0.15) is 0 Å². The SMILES string of the molecule is CCC(C)(O)CN(CCOC)CC1CCCN1. The Labute approximate surface area is 105 Å². The smallest absolute Gasteiger partial charge is 0.0743 e. The number of ether oxygens (including phenoxy) is 1. The van der Waals surface area contributed by atoms with E-state index in [1.165, 1.54) is 12.8 Å². The molecule has 1 aliphatic rings. The molecule has 0 aromatic carbocycles. The van der Waals surface area contributed by atoms with Crippen LogP contribution in [0.5, 0.6) is 0 Å². The third kappa shape index (κ3) is 5.82. The van der Waals surface area contributed by atoms with Crippen LogP contribution in [-0.4, -0.2) is 61.5 Å². The minimum atomic E-state index is -0.591. The Balaban J connectivity index is 2.41. The molecule has 4 nitrogen and oxygen atoms in total. The van der Waals surface area contributed by atoms with Gasteiger partial charge in [0.2, 0.25) is 0 Å². The molecule has 1 saturated heterocycles. The standard InChI is InChI=1S/C13H28N2O2/c1-4-13(2,16)11-15(8-9-17-3)10-12-6-5-7-14-12/h12,14,16H,4-11H2,1-3H3. The molecule has 2 N–H and O–H groups in total. The zero-order chi connectivity index (χ0) is 12.7. The van der Waals surface area contributed by atoms with Crippen molar-refractivity contribution in [2.24, 2.45) is 0 Å². The Kier molecular flexibility index (Phi) is 6.41. The topological polar surface area (TPSA) is 44.7 Å². The lowest BCUT2D eigenvalue weighted by molar-refractivity contribution is 0.00760. The highest BCUT2D eigenvalue weighted by Crippen LogP contribution is 2.13. The lowest BCUT2D eigenvalue weighted by Gasteiger charge is -2.32. The van der Waals surface area contributed by atoms with Crippen molar-refractivity contribution in [3.63, 3.8) is 0 Å². The Morgan fingerprint density at radius 3 is 2.82 bits per heavy atom. The molecule has 0 spiro atoms. The summed E-state index contributed by atoms with van der Waals surface area (Å²) in [5.41, 5.74) is -0.591. The van der Waals surface area contributed by atoms with E-state index in [0.717, 1.165) is 39.2 Å². The van der Waals surface area contributed by atoms with Gasteiger partial charge in [0, 0.05) is 32.8 Å². The molecule has 0 saturated carbocycles. The predicted molar refractivity (Wildman–Crippen MR) is 70.3 cm³/mol. The van der Waals surface area contributed by atoms with Crippen LogP contribution in [-0.2, 0) is 4.74 Å². The number of nitrogens with one attached hydrogen (secondary N) is 1. The van der Waals surface area contributed by atoms with Crippen LogP contribution in [0.25, 0.3) is 0 Å². The lowest BCUT2D eigenvalue weighted by atomic mass is 10.0. The molecule has 0 radical (unpaired) electrons. The van der Waals surface area contributed by atoms with Gasteiger partial charge in [-0.3, -0.25) is 4.90 Å². The van der Waals surface area contributed by atoms with Crippen LogP contribution >= 0.6 is 0 Å². The number of nitrogens with zero attached hydrogens (tertiary/aromatic N) is 1. The third-order valence-corrected chi connectivity index (χ3v) is 3.58. The molecule has 1 fully saturated rings. The lowest BCUT2D eigenvalue weighted by Crippen LogP contribution is -2.46. The number of aliphatic hydroxyl groups is 1. The third-order valence-electron chi connectivity index (χ3n) is 3.58. The first kappa shape index (κ1) is 14.9. The molecule has 4 heteroatoms. The summed E-state index contributed by atoms with van der Waals surface area (Å²) in [4.78, 5) is 2.32. The molecule has 0 aromatic rings. The average molecular weight is 244 g/mol. The highest BCUT2D eigenvalue weighted by atomic mass is 16.5. The molecule has 1 aliphatic heterocycles. The van der Waals surface area contributed by atoms with Crippen molar-refractivity contribution in [1.29, 1.82) is 0 Å². The minimum Gasteiger partial charge on any atom is -0.389 e. The van der Waals surface area contributed by atoms with E-state index in [1.807, 2.05) is 13.8 Å². The zero-order valence-corrected chi connectivity index (χ0v) is 11.5. The van der Waals surface area contributed by atoms with E-state index in [9.17, 15) is 5.11 Å².